The number of hydrogen-bond acceptors (Lipinski definition) is 6. The summed E-state index contributed by atoms with van der Waals surface area (Å²) in [6.07, 6.45) is 0.883. The highest BCUT2D eigenvalue weighted by Crippen LogP contribution is 2.43. The van der Waals surface area contributed by atoms with Crippen LogP contribution in [0, 0.1) is 5.41 Å². The SMILES string of the molecule is COc1cc(OC)cc(N2C(=N)C(=C3Cc4ccccc4N3)C(=O)[C@]2(C)CCNC(C)=O)c1. The second-order valence-electron chi connectivity index (χ2n) is 8.40. The van der Waals surface area contributed by atoms with Crippen molar-refractivity contribution in [1.82, 2.24) is 5.32 Å². The third-order valence-corrected chi connectivity index (χ3v) is 6.22. The number of carbonyl (C=O) groups excluding carboxylic acids is 2. The Morgan fingerprint density at radius 3 is 2.45 bits per heavy atom. The summed E-state index contributed by atoms with van der Waals surface area (Å²) in [4.78, 5) is 27.1. The van der Waals surface area contributed by atoms with Crippen LogP contribution in [0.1, 0.15) is 25.8 Å². The molecule has 1 saturated heterocycles. The van der Waals surface area contributed by atoms with Crippen molar-refractivity contribution in [1.29, 1.82) is 5.41 Å². The van der Waals surface area contributed by atoms with Crippen molar-refractivity contribution in [3.05, 3.63) is 59.3 Å². The zero-order valence-electron chi connectivity index (χ0n) is 19.2. The predicted octanol–water partition coefficient (Wildman–Crippen LogP) is 3.28. The van der Waals surface area contributed by atoms with E-state index in [4.69, 9.17) is 14.9 Å². The van der Waals surface area contributed by atoms with Crippen molar-refractivity contribution >= 4 is 28.9 Å². The molecule has 0 aliphatic carbocycles. The number of anilines is 2. The van der Waals surface area contributed by atoms with E-state index in [1.54, 1.807) is 37.3 Å². The molecule has 2 heterocycles. The fraction of sp³-hybridized carbons (Fsp3) is 0.320. The van der Waals surface area contributed by atoms with Crippen LogP contribution in [0.3, 0.4) is 0 Å². The first-order valence-corrected chi connectivity index (χ1v) is 10.8. The maximum Gasteiger partial charge on any atom is 0.216 e. The number of amides is 1. The van der Waals surface area contributed by atoms with Gasteiger partial charge in [-0.3, -0.25) is 15.0 Å². The second kappa shape index (κ2) is 8.61. The minimum Gasteiger partial charge on any atom is -0.497 e. The van der Waals surface area contributed by atoms with Gasteiger partial charge in [-0.25, -0.2) is 0 Å². The Kier molecular flexibility index (Phi) is 5.84. The van der Waals surface area contributed by atoms with Gasteiger partial charge in [0.2, 0.25) is 5.91 Å². The number of hydrogen-bond donors (Lipinski definition) is 3. The Bertz CT molecular complexity index is 1120. The quantitative estimate of drug-likeness (QED) is 0.586. The van der Waals surface area contributed by atoms with E-state index < -0.39 is 5.54 Å². The normalized spacial score (nSPS) is 21.6. The van der Waals surface area contributed by atoms with Gasteiger partial charge in [0.05, 0.1) is 25.5 Å². The smallest absolute Gasteiger partial charge is 0.216 e. The number of methoxy groups -OCH3 is 2. The zero-order chi connectivity index (χ0) is 23.8. The predicted molar refractivity (Wildman–Crippen MR) is 127 cm³/mol. The Labute approximate surface area is 193 Å². The number of Topliss-reactive ketones (excluding diaryl/α,β-unsaturated/α-hetero) is 1. The Balaban J connectivity index is 1.81. The van der Waals surface area contributed by atoms with Gasteiger partial charge in [0.25, 0.3) is 0 Å². The fourth-order valence-electron chi connectivity index (χ4n) is 4.50. The molecule has 0 spiro atoms. The standard InChI is InChI=1S/C25H28N4O4/c1-15(30)27-10-9-25(2)23(31)22(21-11-16-7-5-6-8-20(16)28-21)24(26)29(25)17-12-18(32-3)14-19(13-17)33-4/h5-8,12-14,26,28H,9-11H2,1-4H3,(H,27,30)/t25-/m0/s1. The molecule has 3 N–H and O–H groups in total. The molecular weight excluding hydrogens is 420 g/mol. The molecule has 8 nitrogen and oxygen atoms in total. The van der Waals surface area contributed by atoms with Crippen LogP contribution in [0.4, 0.5) is 11.4 Å². The van der Waals surface area contributed by atoms with E-state index >= 15 is 0 Å². The highest BCUT2D eigenvalue weighted by molar-refractivity contribution is 6.36. The van der Waals surface area contributed by atoms with Crippen LogP contribution in [-0.4, -0.2) is 43.8 Å². The van der Waals surface area contributed by atoms with Gasteiger partial charge in [-0.05, 0) is 25.0 Å². The lowest BCUT2D eigenvalue weighted by atomic mass is 9.90. The van der Waals surface area contributed by atoms with Crippen molar-refractivity contribution in [2.45, 2.75) is 32.2 Å². The molecule has 33 heavy (non-hydrogen) atoms. The number of nitrogens with one attached hydrogen (secondary N) is 3. The summed E-state index contributed by atoms with van der Waals surface area (Å²) in [6.45, 7) is 3.56. The summed E-state index contributed by atoms with van der Waals surface area (Å²) >= 11 is 0. The Morgan fingerprint density at radius 1 is 1.18 bits per heavy atom. The number of fused-ring (bicyclic) bond motifs is 1. The number of carbonyl (C=O) groups is 2. The molecule has 0 bridgehead atoms. The molecule has 0 radical (unpaired) electrons. The molecule has 4 rings (SSSR count). The van der Waals surface area contributed by atoms with Crippen LogP contribution in [0.5, 0.6) is 11.5 Å². The summed E-state index contributed by atoms with van der Waals surface area (Å²) < 4.78 is 10.9. The number of ketones is 1. The second-order valence-corrected chi connectivity index (χ2v) is 8.40. The fourth-order valence-corrected chi connectivity index (χ4v) is 4.50. The van der Waals surface area contributed by atoms with E-state index in [1.165, 1.54) is 6.92 Å². The molecular formula is C25H28N4O4. The van der Waals surface area contributed by atoms with Gasteiger partial charge < -0.3 is 25.0 Å². The first-order valence-electron chi connectivity index (χ1n) is 10.8. The summed E-state index contributed by atoms with van der Waals surface area (Å²) in [7, 11) is 3.12. The van der Waals surface area contributed by atoms with Crippen LogP contribution < -0.4 is 25.0 Å². The molecule has 0 saturated carbocycles. The highest BCUT2D eigenvalue weighted by atomic mass is 16.5. The van der Waals surface area contributed by atoms with Crippen LogP contribution in [0.2, 0.25) is 0 Å². The van der Waals surface area contributed by atoms with E-state index in [0.717, 1.165) is 11.3 Å². The molecule has 0 aromatic heterocycles. The summed E-state index contributed by atoms with van der Waals surface area (Å²) in [6, 6.07) is 13.2. The number of para-hydroxylation sites is 1. The van der Waals surface area contributed by atoms with Gasteiger partial charge in [0.15, 0.2) is 5.78 Å². The molecule has 2 aromatic rings. The van der Waals surface area contributed by atoms with Crippen molar-refractivity contribution in [3.63, 3.8) is 0 Å². The molecule has 1 amide bonds. The van der Waals surface area contributed by atoms with Gasteiger partial charge in [-0.15, -0.1) is 0 Å². The highest BCUT2D eigenvalue weighted by Gasteiger charge is 2.52. The molecule has 1 atom stereocenters. The van der Waals surface area contributed by atoms with E-state index in [9.17, 15) is 9.59 Å². The van der Waals surface area contributed by atoms with E-state index in [1.807, 2.05) is 31.2 Å². The van der Waals surface area contributed by atoms with Gasteiger partial charge in [0, 0.05) is 49.5 Å². The maximum absolute atomic E-state index is 13.9. The van der Waals surface area contributed by atoms with E-state index in [0.29, 0.717) is 47.8 Å². The topological polar surface area (TPSA) is 104 Å². The molecule has 0 unspecified atom stereocenters. The largest absolute Gasteiger partial charge is 0.497 e. The lowest BCUT2D eigenvalue weighted by Gasteiger charge is -2.35. The number of nitrogens with zero attached hydrogens (tertiary/aromatic N) is 1. The van der Waals surface area contributed by atoms with Gasteiger partial charge in [0.1, 0.15) is 22.9 Å². The summed E-state index contributed by atoms with van der Waals surface area (Å²) in [5, 5.41) is 15.2. The Morgan fingerprint density at radius 2 is 1.85 bits per heavy atom. The molecule has 8 heteroatoms. The monoisotopic (exact) mass is 448 g/mol. The van der Waals surface area contributed by atoms with Crippen LogP contribution >= 0.6 is 0 Å². The maximum atomic E-state index is 13.9. The number of allylic oxidation sites excluding steroid dienone is 1. The van der Waals surface area contributed by atoms with Crippen molar-refractivity contribution < 1.29 is 19.1 Å². The van der Waals surface area contributed by atoms with Crippen LogP contribution in [0.25, 0.3) is 0 Å². The summed E-state index contributed by atoms with van der Waals surface area (Å²) in [5.74, 6) is 0.897. The van der Waals surface area contributed by atoms with Crippen molar-refractivity contribution in [3.8, 4) is 11.5 Å². The van der Waals surface area contributed by atoms with Gasteiger partial charge >= 0.3 is 0 Å². The molecule has 172 valence electrons. The lowest BCUT2D eigenvalue weighted by Crippen LogP contribution is -2.49. The third kappa shape index (κ3) is 3.92. The first-order chi connectivity index (χ1) is 15.8. The van der Waals surface area contributed by atoms with Crippen molar-refractivity contribution in [2.24, 2.45) is 0 Å². The summed E-state index contributed by atoms with van der Waals surface area (Å²) in [5.41, 5.74) is 2.65. The number of amidine groups is 1. The average Bonchev–Trinajstić information content (AvgIpc) is 3.29. The third-order valence-electron chi connectivity index (χ3n) is 6.22. The average molecular weight is 449 g/mol. The molecule has 2 aromatic carbocycles. The first kappa shape index (κ1) is 22.4. The minimum atomic E-state index is -1.07. The number of ether oxygens (including phenoxy) is 2. The molecule has 2 aliphatic heterocycles. The molecule has 2 aliphatic rings. The Hall–Kier alpha value is -3.81. The number of rotatable bonds is 6. The van der Waals surface area contributed by atoms with Crippen LogP contribution in [-0.2, 0) is 16.0 Å². The van der Waals surface area contributed by atoms with Gasteiger partial charge in [-0.2, -0.15) is 0 Å². The van der Waals surface area contributed by atoms with Crippen LogP contribution in [0.15, 0.2) is 53.7 Å². The lowest BCUT2D eigenvalue weighted by molar-refractivity contribution is -0.120. The van der Waals surface area contributed by atoms with E-state index in [2.05, 4.69) is 10.6 Å². The zero-order valence-corrected chi connectivity index (χ0v) is 19.2. The van der Waals surface area contributed by atoms with Crippen molar-refractivity contribution in [2.75, 3.05) is 31.0 Å². The van der Waals surface area contributed by atoms with Gasteiger partial charge in [-0.1, -0.05) is 18.2 Å². The number of benzene rings is 2. The minimum absolute atomic E-state index is 0.107. The van der Waals surface area contributed by atoms with E-state index in [-0.39, 0.29) is 17.5 Å². The molecule has 1 fully saturated rings.